The fourth-order valence-electron chi connectivity index (χ4n) is 2.66. The van der Waals surface area contributed by atoms with Crippen LogP contribution in [0, 0.1) is 0 Å². The minimum Gasteiger partial charge on any atom is -0.482 e. The molecule has 0 aliphatic carbocycles. The molecule has 138 valence electrons. The van der Waals surface area contributed by atoms with Crippen molar-refractivity contribution in [2.45, 2.75) is 13.8 Å². The summed E-state index contributed by atoms with van der Waals surface area (Å²) in [5, 5.41) is 0.882. The lowest BCUT2D eigenvalue weighted by molar-refractivity contribution is -0.134. The monoisotopic (exact) mass is 387 g/mol. The lowest BCUT2D eigenvalue weighted by Crippen LogP contribution is -2.54. The van der Waals surface area contributed by atoms with Crippen molar-refractivity contribution in [2.24, 2.45) is 0 Å². The molecule has 1 fully saturated rings. The smallest absolute Gasteiger partial charge is 0.320 e. The Morgan fingerprint density at radius 3 is 2.24 bits per heavy atom. The maximum absolute atomic E-state index is 12.3. The average Bonchev–Trinajstić information content (AvgIpc) is 2.62. The van der Waals surface area contributed by atoms with E-state index in [1.165, 1.54) is 0 Å². The number of benzene rings is 1. The molecule has 1 aliphatic rings. The van der Waals surface area contributed by atoms with E-state index in [2.05, 4.69) is 0 Å². The maximum atomic E-state index is 12.3. The van der Waals surface area contributed by atoms with E-state index >= 15 is 0 Å². The Labute approximate surface area is 158 Å². The molecule has 8 heteroatoms. The number of hydrogen-bond acceptors (Lipinski definition) is 3. The number of urea groups is 1. The number of piperazine rings is 1. The highest BCUT2D eigenvalue weighted by atomic mass is 35.5. The van der Waals surface area contributed by atoms with Gasteiger partial charge in [0.05, 0.1) is 5.02 Å². The van der Waals surface area contributed by atoms with Gasteiger partial charge in [-0.3, -0.25) is 4.79 Å². The van der Waals surface area contributed by atoms with Gasteiger partial charge in [0.2, 0.25) is 0 Å². The topological polar surface area (TPSA) is 53.1 Å². The molecule has 1 aromatic rings. The molecular formula is C17H23Cl2N3O3. The summed E-state index contributed by atoms with van der Waals surface area (Å²) < 4.78 is 5.48. The molecule has 0 saturated carbocycles. The van der Waals surface area contributed by atoms with E-state index in [0.29, 0.717) is 55.1 Å². The third-order valence-corrected chi connectivity index (χ3v) is 4.71. The van der Waals surface area contributed by atoms with Crippen molar-refractivity contribution in [3.05, 3.63) is 28.2 Å². The van der Waals surface area contributed by atoms with Gasteiger partial charge in [0, 0.05) is 44.3 Å². The third kappa shape index (κ3) is 5.16. The second kappa shape index (κ2) is 9.15. The van der Waals surface area contributed by atoms with Crippen LogP contribution >= 0.6 is 23.2 Å². The van der Waals surface area contributed by atoms with E-state index in [-0.39, 0.29) is 18.5 Å². The fraction of sp³-hybridized carbons (Fsp3) is 0.529. The number of hydrogen-bond donors (Lipinski definition) is 0. The van der Waals surface area contributed by atoms with Crippen LogP contribution in [0.15, 0.2) is 18.2 Å². The molecule has 25 heavy (non-hydrogen) atoms. The van der Waals surface area contributed by atoms with Crippen LogP contribution in [0.25, 0.3) is 0 Å². The molecule has 0 spiro atoms. The van der Waals surface area contributed by atoms with E-state index in [1.54, 1.807) is 32.9 Å². The fourth-order valence-corrected chi connectivity index (χ4v) is 3.13. The number of amides is 3. The van der Waals surface area contributed by atoms with Crippen LogP contribution in [-0.2, 0) is 4.79 Å². The van der Waals surface area contributed by atoms with Gasteiger partial charge in [0.15, 0.2) is 6.61 Å². The van der Waals surface area contributed by atoms with Gasteiger partial charge < -0.3 is 19.4 Å². The maximum Gasteiger partial charge on any atom is 0.320 e. The molecule has 6 nitrogen and oxygen atoms in total. The molecule has 1 heterocycles. The van der Waals surface area contributed by atoms with E-state index in [4.69, 9.17) is 27.9 Å². The highest BCUT2D eigenvalue weighted by molar-refractivity contribution is 6.35. The van der Waals surface area contributed by atoms with Gasteiger partial charge in [0.1, 0.15) is 5.75 Å². The predicted molar refractivity (Wildman–Crippen MR) is 98.4 cm³/mol. The Morgan fingerprint density at radius 2 is 1.68 bits per heavy atom. The lowest BCUT2D eigenvalue weighted by atomic mass is 10.3. The predicted octanol–water partition coefficient (Wildman–Crippen LogP) is 2.98. The summed E-state index contributed by atoms with van der Waals surface area (Å²) >= 11 is 11.9. The summed E-state index contributed by atoms with van der Waals surface area (Å²) in [5.41, 5.74) is 0. The summed E-state index contributed by atoms with van der Waals surface area (Å²) in [6, 6.07) is 4.89. The van der Waals surface area contributed by atoms with Gasteiger partial charge in [0.25, 0.3) is 5.91 Å². The van der Waals surface area contributed by atoms with Gasteiger partial charge in [-0.05, 0) is 32.0 Å². The average molecular weight is 388 g/mol. The van der Waals surface area contributed by atoms with Crippen molar-refractivity contribution >= 4 is 35.1 Å². The Bertz CT molecular complexity index is 615. The van der Waals surface area contributed by atoms with E-state index < -0.39 is 0 Å². The zero-order valence-corrected chi connectivity index (χ0v) is 16.0. The van der Waals surface area contributed by atoms with Crippen molar-refractivity contribution in [1.29, 1.82) is 0 Å². The van der Waals surface area contributed by atoms with E-state index in [9.17, 15) is 9.59 Å². The Morgan fingerprint density at radius 1 is 1.08 bits per heavy atom. The molecule has 1 aromatic carbocycles. The first kappa shape index (κ1) is 19.7. The highest BCUT2D eigenvalue weighted by Gasteiger charge is 2.26. The molecular weight excluding hydrogens is 365 g/mol. The first-order chi connectivity index (χ1) is 12.0. The standard InChI is InChI=1S/C17H23Cl2N3O3/c1-3-20(4-2)17(24)22-9-7-21(8-10-22)16(23)12-25-15-6-5-13(18)11-14(15)19/h5-6,11H,3-4,7-10,12H2,1-2H3. The number of ether oxygens (including phenoxy) is 1. The van der Waals surface area contributed by atoms with Gasteiger partial charge in [-0.2, -0.15) is 0 Å². The van der Waals surface area contributed by atoms with E-state index in [1.807, 2.05) is 13.8 Å². The van der Waals surface area contributed by atoms with Crippen LogP contribution in [0.4, 0.5) is 4.79 Å². The van der Waals surface area contributed by atoms with Crippen LogP contribution in [0.3, 0.4) is 0 Å². The highest BCUT2D eigenvalue weighted by Crippen LogP contribution is 2.27. The first-order valence-corrected chi connectivity index (χ1v) is 9.11. The van der Waals surface area contributed by atoms with Crippen molar-refractivity contribution in [2.75, 3.05) is 45.9 Å². The van der Waals surface area contributed by atoms with Crippen LogP contribution in [0.1, 0.15) is 13.8 Å². The van der Waals surface area contributed by atoms with E-state index in [0.717, 1.165) is 0 Å². The molecule has 1 aliphatic heterocycles. The summed E-state index contributed by atoms with van der Waals surface area (Å²) in [6.45, 7) is 7.26. The summed E-state index contributed by atoms with van der Waals surface area (Å²) in [5.74, 6) is 0.302. The molecule has 0 radical (unpaired) electrons. The second-order valence-corrected chi connectivity index (χ2v) is 6.53. The van der Waals surface area contributed by atoms with Crippen molar-refractivity contribution in [3.63, 3.8) is 0 Å². The van der Waals surface area contributed by atoms with Crippen molar-refractivity contribution < 1.29 is 14.3 Å². The number of carbonyl (C=O) groups is 2. The molecule has 3 amide bonds. The zero-order valence-electron chi connectivity index (χ0n) is 14.5. The van der Waals surface area contributed by atoms with Crippen LogP contribution in [-0.4, -0.2) is 72.5 Å². The number of rotatable bonds is 5. The van der Waals surface area contributed by atoms with Crippen molar-refractivity contribution in [1.82, 2.24) is 14.7 Å². The van der Waals surface area contributed by atoms with Gasteiger partial charge in [-0.25, -0.2) is 4.79 Å². The minimum absolute atomic E-state index is 0.0290. The Balaban J connectivity index is 1.82. The van der Waals surface area contributed by atoms with Crippen LogP contribution in [0.2, 0.25) is 10.0 Å². The quantitative estimate of drug-likeness (QED) is 0.780. The molecule has 0 aromatic heterocycles. The largest absolute Gasteiger partial charge is 0.482 e. The van der Waals surface area contributed by atoms with Crippen LogP contribution < -0.4 is 4.74 Å². The zero-order chi connectivity index (χ0) is 18.4. The summed E-state index contributed by atoms with van der Waals surface area (Å²) in [7, 11) is 0. The van der Waals surface area contributed by atoms with Crippen LogP contribution in [0.5, 0.6) is 5.75 Å². The minimum atomic E-state index is -0.124. The number of nitrogens with zero attached hydrogens (tertiary/aromatic N) is 3. The normalized spacial score (nSPS) is 14.4. The number of carbonyl (C=O) groups excluding carboxylic acids is 2. The van der Waals surface area contributed by atoms with Gasteiger partial charge in [-0.1, -0.05) is 23.2 Å². The summed E-state index contributed by atoms with van der Waals surface area (Å²) in [4.78, 5) is 29.9. The van der Waals surface area contributed by atoms with Gasteiger partial charge >= 0.3 is 6.03 Å². The summed E-state index contributed by atoms with van der Waals surface area (Å²) in [6.07, 6.45) is 0. The molecule has 0 unspecified atom stereocenters. The third-order valence-electron chi connectivity index (χ3n) is 4.18. The molecule has 0 atom stereocenters. The molecule has 1 saturated heterocycles. The molecule has 2 rings (SSSR count). The number of halogens is 2. The molecule has 0 bridgehead atoms. The Hall–Kier alpha value is -1.66. The SMILES string of the molecule is CCN(CC)C(=O)N1CCN(C(=O)COc2ccc(Cl)cc2Cl)CC1. The second-order valence-electron chi connectivity index (χ2n) is 5.69. The molecule has 0 N–H and O–H groups in total. The first-order valence-electron chi connectivity index (χ1n) is 8.35. The Kier molecular flexibility index (Phi) is 7.20. The lowest BCUT2D eigenvalue weighted by Gasteiger charge is -2.37. The van der Waals surface area contributed by atoms with Gasteiger partial charge in [-0.15, -0.1) is 0 Å². The van der Waals surface area contributed by atoms with Crippen molar-refractivity contribution in [3.8, 4) is 5.75 Å².